The Morgan fingerprint density at radius 1 is 1.20 bits per heavy atom. The molecule has 2 atom stereocenters. The van der Waals surface area contributed by atoms with Crippen molar-refractivity contribution < 1.29 is 0 Å². The summed E-state index contributed by atoms with van der Waals surface area (Å²) < 4.78 is 0. The predicted molar refractivity (Wildman–Crippen MR) is 84.5 cm³/mol. The molecule has 1 saturated heterocycles. The molecule has 0 bridgehead atoms. The normalized spacial score (nSPS) is 26.1. The van der Waals surface area contributed by atoms with Gasteiger partial charge in [0, 0.05) is 23.8 Å². The molecular weight excluding hydrogens is 246 g/mol. The number of anilines is 1. The van der Waals surface area contributed by atoms with Crippen molar-refractivity contribution in [1.29, 1.82) is 5.41 Å². The third kappa shape index (κ3) is 2.41. The lowest BCUT2D eigenvalue weighted by atomic mass is 9.78. The largest absolute Gasteiger partial charge is 0.384 e. The molecule has 0 unspecified atom stereocenters. The van der Waals surface area contributed by atoms with E-state index in [0.717, 1.165) is 18.0 Å². The highest BCUT2D eigenvalue weighted by Crippen LogP contribution is 2.38. The molecule has 3 heteroatoms. The van der Waals surface area contributed by atoms with Crippen molar-refractivity contribution in [2.24, 2.45) is 11.7 Å². The number of nitrogen functional groups attached to an aromatic ring is 1. The van der Waals surface area contributed by atoms with Crippen molar-refractivity contribution in [3.8, 4) is 0 Å². The van der Waals surface area contributed by atoms with E-state index < -0.39 is 0 Å². The molecule has 3 nitrogen and oxygen atoms in total. The second kappa shape index (κ2) is 5.47. The number of piperidine rings is 1. The second-order valence-electron chi connectivity index (χ2n) is 6.38. The fourth-order valence-corrected chi connectivity index (χ4v) is 4.03. The van der Waals surface area contributed by atoms with Gasteiger partial charge in [-0.1, -0.05) is 18.9 Å². The van der Waals surface area contributed by atoms with Gasteiger partial charge in [0.15, 0.2) is 0 Å². The van der Waals surface area contributed by atoms with Crippen molar-refractivity contribution >= 4 is 11.5 Å². The standard InChI is InChI=1S/C17H25N3/c1-12-8-9-14(17(18)19)16(11-12)20-10-4-6-13-5-2-3-7-15(13)20/h8-9,11,13,15H,2-7,10H2,1H3,(H3,18,19)/t13-,15-/m1/s1. The lowest BCUT2D eigenvalue weighted by molar-refractivity contribution is 0.244. The van der Waals surface area contributed by atoms with Crippen LogP contribution in [-0.4, -0.2) is 18.4 Å². The number of amidine groups is 1. The molecule has 2 fully saturated rings. The van der Waals surface area contributed by atoms with E-state index in [4.69, 9.17) is 11.1 Å². The van der Waals surface area contributed by atoms with Crippen LogP contribution in [0.1, 0.15) is 49.7 Å². The first-order chi connectivity index (χ1) is 9.66. The maximum atomic E-state index is 7.85. The Kier molecular flexibility index (Phi) is 3.68. The summed E-state index contributed by atoms with van der Waals surface area (Å²) in [5.41, 5.74) is 9.14. The number of hydrogen-bond acceptors (Lipinski definition) is 2. The smallest absolute Gasteiger partial charge is 0.124 e. The summed E-state index contributed by atoms with van der Waals surface area (Å²) >= 11 is 0. The number of nitrogens with one attached hydrogen (secondary N) is 1. The van der Waals surface area contributed by atoms with Gasteiger partial charge < -0.3 is 10.6 Å². The Morgan fingerprint density at radius 3 is 2.75 bits per heavy atom. The molecule has 1 aromatic rings. The Bertz CT molecular complexity index is 507. The molecule has 1 heterocycles. The fourth-order valence-electron chi connectivity index (χ4n) is 4.03. The minimum Gasteiger partial charge on any atom is -0.384 e. The zero-order valence-electron chi connectivity index (χ0n) is 12.4. The van der Waals surface area contributed by atoms with Crippen LogP contribution in [-0.2, 0) is 0 Å². The number of benzene rings is 1. The Balaban J connectivity index is 1.98. The van der Waals surface area contributed by atoms with E-state index in [1.54, 1.807) is 0 Å². The van der Waals surface area contributed by atoms with Gasteiger partial charge in [-0.3, -0.25) is 5.41 Å². The van der Waals surface area contributed by atoms with Crippen molar-refractivity contribution in [3.63, 3.8) is 0 Å². The highest BCUT2D eigenvalue weighted by atomic mass is 15.2. The molecule has 108 valence electrons. The molecule has 0 amide bonds. The summed E-state index contributed by atoms with van der Waals surface area (Å²) in [6.45, 7) is 3.24. The van der Waals surface area contributed by atoms with Crippen LogP contribution >= 0.6 is 0 Å². The number of hydrogen-bond donors (Lipinski definition) is 2. The van der Waals surface area contributed by atoms with Crippen LogP contribution in [0.3, 0.4) is 0 Å². The van der Waals surface area contributed by atoms with Gasteiger partial charge in [0.2, 0.25) is 0 Å². The fraction of sp³-hybridized carbons (Fsp3) is 0.588. The molecule has 1 aromatic carbocycles. The molecule has 0 aromatic heterocycles. The number of fused-ring (bicyclic) bond motifs is 1. The van der Waals surface area contributed by atoms with E-state index in [-0.39, 0.29) is 5.84 Å². The van der Waals surface area contributed by atoms with E-state index in [1.165, 1.54) is 49.8 Å². The van der Waals surface area contributed by atoms with Gasteiger partial charge in [-0.25, -0.2) is 0 Å². The lowest BCUT2D eigenvalue weighted by Gasteiger charge is -2.46. The first-order valence-corrected chi connectivity index (χ1v) is 7.88. The van der Waals surface area contributed by atoms with Crippen LogP contribution in [0.4, 0.5) is 5.69 Å². The van der Waals surface area contributed by atoms with Crippen LogP contribution in [0.5, 0.6) is 0 Å². The highest BCUT2D eigenvalue weighted by Gasteiger charge is 2.34. The Hall–Kier alpha value is -1.51. The summed E-state index contributed by atoms with van der Waals surface area (Å²) in [7, 11) is 0. The summed E-state index contributed by atoms with van der Waals surface area (Å²) in [6.07, 6.45) is 8.06. The van der Waals surface area contributed by atoms with E-state index in [1.807, 2.05) is 6.07 Å². The van der Waals surface area contributed by atoms with Gasteiger partial charge in [-0.2, -0.15) is 0 Å². The number of rotatable bonds is 2. The lowest BCUT2D eigenvalue weighted by Crippen LogP contribution is -2.47. The third-order valence-corrected chi connectivity index (χ3v) is 5.00. The summed E-state index contributed by atoms with van der Waals surface area (Å²) in [6, 6.07) is 6.95. The van der Waals surface area contributed by atoms with E-state index in [9.17, 15) is 0 Å². The molecule has 20 heavy (non-hydrogen) atoms. The molecule has 1 aliphatic heterocycles. The van der Waals surface area contributed by atoms with Gasteiger partial charge in [-0.15, -0.1) is 0 Å². The van der Waals surface area contributed by atoms with Crippen LogP contribution in [0, 0.1) is 18.3 Å². The van der Waals surface area contributed by atoms with Crippen molar-refractivity contribution in [2.75, 3.05) is 11.4 Å². The van der Waals surface area contributed by atoms with E-state index >= 15 is 0 Å². The predicted octanol–water partition coefficient (Wildman–Crippen LogP) is 3.44. The quantitative estimate of drug-likeness (QED) is 0.639. The molecule has 2 aliphatic rings. The topological polar surface area (TPSA) is 53.1 Å². The number of aryl methyl sites for hydroxylation is 1. The zero-order valence-corrected chi connectivity index (χ0v) is 12.4. The average molecular weight is 271 g/mol. The maximum Gasteiger partial charge on any atom is 0.124 e. The molecule has 0 radical (unpaired) electrons. The monoisotopic (exact) mass is 271 g/mol. The minimum absolute atomic E-state index is 0.193. The second-order valence-corrected chi connectivity index (χ2v) is 6.38. The van der Waals surface area contributed by atoms with Gasteiger partial charge in [0.1, 0.15) is 5.84 Å². The van der Waals surface area contributed by atoms with Gasteiger partial charge in [0.25, 0.3) is 0 Å². The van der Waals surface area contributed by atoms with Crippen LogP contribution in [0.15, 0.2) is 18.2 Å². The van der Waals surface area contributed by atoms with Crippen molar-refractivity contribution in [3.05, 3.63) is 29.3 Å². The summed E-state index contributed by atoms with van der Waals surface area (Å²) in [5.74, 6) is 1.04. The SMILES string of the molecule is Cc1ccc(C(=N)N)c(N2CCC[C@H]3CCCC[C@H]32)c1. The molecule has 1 aliphatic carbocycles. The highest BCUT2D eigenvalue weighted by molar-refractivity contribution is 6.00. The molecule has 3 rings (SSSR count). The van der Waals surface area contributed by atoms with Gasteiger partial charge in [-0.05, 0) is 56.2 Å². The minimum atomic E-state index is 0.193. The van der Waals surface area contributed by atoms with Crippen molar-refractivity contribution in [1.82, 2.24) is 0 Å². The summed E-state index contributed by atoms with van der Waals surface area (Å²) in [5, 5.41) is 7.85. The maximum absolute atomic E-state index is 7.85. The molecule has 1 saturated carbocycles. The van der Waals surface area contributed by atoms with Gasteiger partial charge in [0.05, 0.1) is 0 Å². The van der Waals surface area contributed by atoms with Crippen LogP contribution < -0.4 is 10.6 Å². The first kappa shape index (κ1) is 13.5. The van der Waals surface area contributed by atoms with Gasteiger partial charge >= 0.3 is 0 Å². The average Bonchev–Trinajstić information content (AvgIpc) is 2.46. The Labute approximate surface area is 121 Å². The molecular formula is C17H25N3. The van der Waals surface area contributed by atoms with E-state index in [0.29, 0.717) is 6.04 Å². The van der Waals surface area contributed by atoms with Crippen LogP contribution in [0.25, 0.3) is 0 Å². The first-order valence-electron chi connectivity index (χ1n) is 7.88. The van der Waals surface area contributed by atoms with Crippen LogP contribution in [0.2, 0.25) is 0 Å². The molecule has 0 spiro atoms. The number of nitrogens with two attached hydrogens (primary N) is 1. The van der Waals surface area contributed by atoms with Crippen molar-refractivity contribution in [2.45, 2.75) is 51.5 Å². The number of nitrogens with zero attached hydrogens (tertiary/aromatic N) is 1. The third-order valence-electron chi connectivity index (χ3n) is 5.00. The Morgan fingerprint density at radius 2 is 1.95 bits per heavy atom. The molecule has 3 N–H and O–H groups in total. The summed E-state index contributed by atoms with van der Waals surface area (Å²) in [4.78, 5) is 2.55. The van der Waals surface area contributed by atoms with E-state index in [2.05, 4.69) is 24.0 Å². The zero-order chi connectivity index (χ0) is 14.1.